The molecule has 0 saturated carbocycles. The van der Waals surface area contributed by atoms with Gasteiger partial charge >= 0.3 is 0 Å². The summed E-state index contributed by atoms with van der Waals surface area (Å²) in [4.78, 5) is 4.28. The lowest BCUT2D eigenvalue weighted by atomic mass is 10.0. The lowest BCUT2D eigenvalue weighted by molar-refractivity contribution is 0.0203. The zero-order valence-corrected chi connectivity index (χ0v) is 17.3. The highest BCUT2D eigenvalue weighted by Gasteiger charge is 2.13. The molecule has 0 unspecified atom stereocenters. The summed E-state index contributed by atoms with van der Waals surface area (Å²) in [6.07, 6.45) is 7.16. The Balaban J connectivity index is 1.28. The van der Waals surface area contributed by atoms with Crippen LogP contribution in [0.5, 0.6) is 0 Å². The molecule has 1 aliphatic heterocycles. The third-order valence-corrected chi connectivity index (χ3v) is 5.01. The summed E-state index contributed by atoms with van der Waals surface area (Å²) in [7, 11) is 1.79. The van der Waals surface area contributed by atoms with Crippen molar-refractivity contribution in [2.45, 2.75) is 32.4 Å². The number of benzene rings is 1. The number of ether oxygens (including phenoxy) is 2. The van der Waals surface area contributed by atoms with Gasteiger partial charge in [0.05, 0.1) is 12.7 Å². The monoisotopic (exact) mass is 399 g/mol. The van der Waals surface area contributed by atoms with Gasteiger partial charge in [-0.3, -0.25) is 9.67 Å². The molecule has 0 bridgehead atoms. The minimum Gasteiger partial charge on any atom is -0.381 e. The van der Waals surface area contributed by atoms with Gasteiger partial charge in [-0.25, -0.2) is 0 Å². The maximum atomic E-state index is 5.80. The highest BCUT2D eigenvalue weighted by molar-refractivity contribution is 5.79. The van der Waals surface area contributed by atoms with Crippen molar-refractivity contribution in [3.8, 4) is 0 Å². The molecular formula is C22H33N5O2. The van der Waals surface area contributed by atoms with Crippen molar-refractivity contribution in [2.75, 3.05) is 40.0 Å². The molecule has 1 fully saturated rings. The molecule has 1 aromatic heterocycles. The van der Waals surface area contributed by atoms with Gasteiger partial charge in [0.25, 0.3) is 0 Å². The molecule has 0 aliphatic carbocycles. The Morgan fingerprint density at radius 1 is 1.21 bits per heavy atom. The number of guanidine groups is 1. The smallest absolute Gasteiger partial charge is 0.191 e. The molecule has 7 heteroatoms. The molecule has 158 valence electrons. The van der Waals surface area contributed by atoms with E-state index in [1.54, 1.807) is 7.05 Å². The van der Waals surface area contributed by atoms with E-state index >= 15 is 0 Å². The molecule has 7 nitrogen and oxygen atoms in total. The van der Waals surface area contributed by atoms with Crippen molar-refractivity contribution < 1.29 is 9.47 Å². The van der Waals surface area contributed by atoms with E-state index in [1.165, 1.54) is 5.56 Å². The van der Waals surface area contributed by atoms with Crippen LogP contribution in [0, 0.1) is 5.92 Å². The molecule has 0 radical (unpaired) electrons. The first kappa shape index (κ1) is 21.3. The van der Waals surface area contributed by atoms with E-state index < -0.39 is 0 Å². The normalized spacial score (nSPS) is 15.4. The predicted octanol–water partition coefficient (Wildman–Crippen LogP) is 2.43. The molecule has 1 saturated heterocycles. The maximum Gasteiger partial charge on any atom is 0.191 e. The number of aliphatic imine (C=N–C) groups is 1. The van der Waals surface area contributed by atoms with Crippen LogP contribution in [0.1, 0.15) is 30.4 Å². The first-order chi connectivity index (χ1) is 14.3. The molecule has 1 aliphatic rings. The maximum absolute atomic E-state index is 5.80. The molecule has 1 aromatic carbocycles. The standard InChI is InChI=1S/C22H33N5O2/c1-23-22(24-10-5-11-29-18-20-8-12-28-13-9-20)25-14-21-15-26-27(17-21)16-19-6-3-2-4-7-19/h2-4,6-7,15,17,20H,5,8-14,16,18H2,1H3,(H2,23,24,25). The highest BCUT2D eigenvalue weighted by atomic mass is 16.5. The van der Waals surface area contributed by atoms with Crippen LogP contribution >= 0.6 is 0 Å². The van der Waals surface area contributed by atoms with E-state index in [1.807, 2.05) is 29.1 Å². The van der Waals surface area contributed by atoms with Gasteiger partial charge in [-0.15, -0.1) is 0 Å². The molecule has 2 N–H and O–H groups in total. The molecular weight excluding hydrogens is 366 g/mol. The van der Waals surface area contributed by atoms with E-state index in [9.17, 15) is 0 Å². The number of hydrogen-bond donors (Lipinski definition) is 2. The number of nitrogens with zero attached hydrogens (tertiary/aromatic N) is 3. The van der Waals surface area contributed by atoms with E-state index in [4.69, 9.17) is 9.47 Å². The first-order valence-corrected chi connectivity index (χ1v) is 10.5. The molecule has 2 aromatic rings. The van der Waals surface area contributed by atoms with Gasteiger partial charge in [-0.05, 0) is 30.7 Å². The molecule has 0 atom stereocenters. The Hall–Kier alpha value is -2.38. The fourth-order valence-corrected chi connectivity index (χ4v) is 3.31. The third-order valence-electron chi connectivity index (χ3n) is 5.01. The van der Waals surface area contributed by atoms with Gasteiger partial charge in [0.15, 0.2) is 5.96 Å². The van der Waals surface area contributed by atoms with Gasteiger partial charge in [-0.2, -0.15) is 5.10 Å². The Labute approximate surface area is 173 Å². The van der Waals surface area contributed by atoms with Crippen molar-refractivity contribution in [1.82, 2.24) is 20.4 Å². The third kappa shape index (κ3) is 7.87. The lowest BCUT2D eigenvalue weighted by Crippen LogP contribution is -2.37. The number of rotatable bonds is 10. The number of hydrogen-bond acceptors (Lipinski definition) is 4. The van der Waals surface area contributed by atoms with Crippen molar-refractivity contribution in [2.24, 2.45) is 10.9 Å². The fourth-order valence-electron chi connectivity index (χ4n) is 3.31. The first-order valence-electron chi connectivity index (χ1n) is 10.5. The summed E-state index contributed by atoms with van der Waals surface area (Å²) in [6, 6.07) is 10.3. The Morgan fingerprint density at radius 2 is 2.03 bits per heavy atom. The summed E-state index contributed by atoms with van der Waals surface area (Å²) >= 11 is 0. The second-order valence-corrected chi connectivity index (χ2v) is 7.37. The molecule has 0 amide bonds. The van der Waals surface area contributed by atoms with Crippen LogP contribution in [0.15, 0.2) is 47.7 Å². The highest BCUT2D eigenvalue weighted by Crippen LogP contribution is 2.14. The van der Waals surface area contributed by atoms with E-state index in [0.717, 1.165) is 70.3 Å². The van der Waals surface area contributed by atoms with Crippen LogP contribution in [0.2, 0.25) is 0 Å². The number of aromatic nitrogens is 2. The summed E-state index contributed by atoms with van der Waals surface area (Å²) in [5, 5.41) is 11.1. The predicted molar refractivity (Wildman–Crippen MR) is 115 cm³/mol. The summed E-state index contributed by atoms with van der Waals surface area (Å²) in [6.45, 7) is 5.68. The van der Waals surface area contributed by atoms with Crippen molar-refractivity contribution >= 4 is 5.96 Å². The Morgan fingerprint density at radius 3 is 2.83 bits per heavy atom. The van der Waals surface area contributed by atoms with E-state index in [-0.39, 0.29) is 0 Å². The van der Waals surface area contributed by atoms with Gasteiger partial charge in [0, 0.05) is 58.3 Å². The zero-order chi connectivity index (χ0) is 20.2. The van der Waals surface area contributed by atoms with E-state index in [2.05, 4.69) is 39.1 Å². The second-order valence-electron chi connectivity index (χ2n) is 7.37. The quantitative estimate of drug-likeness (QED) is 0.365. The van der Waals surface area contributed by atoms with Crippen LogP contribution in [0.25, 0.3) is 0 Å². The lowest BCUT2D eigenvalue weighted by Gasteiger charge is -2.21. The molecule has 29 heavy (non-hydrogen) atoms. The van der Waals surface area contributed by atoms with Gasteiger partial charge in [0.2, 0.25) is 0 Å². The fraction of sp³-hybridized carbons (Fsp3) is 0.545. The van der Waals surface area contributed by atoms with Crippen molar-refractivity contribution in [3.05, 3.63) is 53.9 Å². The van der Waals surface area contributed by atoms with E-state index in [0.29, 0.717) is 12.5 Å². The minimum atomic E-state index is 0.661. The van der Waals surface area contributed by atoms with Gasteiger partial charge in [-0.1, -0.05) is 30.3 Å². The van der Waals surface area contributed by atoms with Crippen molar-refractivity contribution in [3.63, 3.8) is 0 Å². The molecule has 0 spiro atoms. The topological polar surface area (TPSA) is 72.7 Å². The van der Waals surface area contributed by atoms with Gasteiger partial charge < -0.3 is 20.1 Å². The Bertz CT molecular complexity index is 726. The van der Waals surface area contributed by atoms with Crippen LogP contribution in [0.3, 0.4) is 0 Å². The summed E-state index contributed by atoms with van der Waals surface area (Å²) < 4.78 is 13.1. The Kier molecular flexibility index (Phi) is 9.00. The van der Waals surface area contributed by atoms with Crippen LogP contribution in [-0.2, 0) is 22.6 Å². The number of nitrogens with one attached hydrogen (secondary N) is 2. The minimum absolute atomic E-state index is 0.661. The van der Waals surface area contributed by atoms with Crippen LogP contribution in [0.4, 0.5) is 0 Å². The average molecular weight is 400 g/mol. The van der Waals surface area contributed by atoms with Gasteiger partial charge in [0.1, 0.15) is 0 Å². The second kappa shape index (κ2) is 12.2. The van der Waals surface area contributed by atoms with Crippen LogP contribution < -0.4 is 10.6 Å². The van der Waals surface area contributed by atoms with Crippen molar-refractivity contribution in [1.29, 1.82) is 0 Å². The largest absolute Gasteiger partial charge is 0.381 e. The SMILES string of the molecule is CN=C(NCCCOCC1CCOCC1)NCc1cnn(Cc2ccccc2)c1. The zero-order valence-electron chi connectivity index (χ0n) is 17.3. The summed E-state index contributed by atoms with van der Waals surface area (Å²) in [5.41, 5.74) is 2.37. The molecule has 2 heterocycles. The molecule has 3 rings (SSSR count). The summed E-state index contributed by atoms with van der Waals surface area (Å²) in [5.74, 6) is 1.46. The average Bonchev–Trinajstić information content (AvgIpc) is 3.21. The van der Waals surface area contributed by atoms with Crippen LogP contribution in [-0.4, -0.2) is 55.8 Å².